The van der Waals surface area contributed by atoms with E-state index < -0.39 is 0 Å². The molecule has 0 bridgehead atoms. The number of pyridine rings is 1. The average molecular weight is 272 g/mol. The highest BCUT2D eigenvalue weighted by atomic mass is 35.5. The highest BCUT2D eigenvalue weighted by Gasteiger charge is 2.07. The van der Waals surface area contributed by atoms with Crippen molar-refractivity contribution in [1.29, 1.82) is 0 Å². The first kappa shape index (κ1) is 12.1. The summed E-state index contributed by atoms with van der Waals surface area (Å²) in [5.74, 6) is 0.797. The molecule has 0 saturated heterocycles. The van der Waals surface area contributed by atoms with E-state index in [0.29, 0.717) is 5.02 Å². The summed E-state index contributed by atoms with van der Waals surface area (Å²) in [4.78, 5) is 4.54. The molecule has 2 heterocycles. The van der Waals surface area contributed by atoms with Crippen molar-refractivity contribution < 1.29 is 0 Å². The van der Waals surface area contributed by atoms with E-state index in [1.807, 2.05) is 43.5 Å². The van der Waals surface area contributed by atoms with Gasteiger partial charge in [0.1, 0.15) is 11.5 Å². The van der Waals surface area contributed by atoms with E-state index in [9.17, 15) is 0 Å². The van der Waals surface area contributed by atoms with Crippen LogP contribution in [0.1, 0.15) is 11.3 Å². The number of fused-ring (bicyclic) bond motifs is 1. The van der Waals surface area contributed by atoms with Crippen LogP contribution in [-0.2, 0) is 0 Å². The number of aromatic nitrogens is 2. The Hall–Kier alpha value is -2.00. The molecule has 96 valence electrons. The van der Waals surface area contributed by atoms with Gasteiger partial charge in [0.15, 0.2) is 0 Å². The molecule has 0 aliphatic heterocycles. The zero-order valence-electron chi connectivity index (χ0n) is 10.8. The lowest BCUT2D eigenvalue weighted by atomic mass is 10.2. The maximum Gasteiger partial charge on any atom is 0.149 e. The largest absolute Gasteiger partial charge is 0.337 e. The van der Waals surface area contributed by atoms with Crippen LogP contribution in [0.2, 0.25) is 5.02 Å². The molecule has 0 saturated carbocycles. The minimum Gasteiger partial charge on any atom is -0.337 e. The lowest BCUT2D eigenvalue weighted by Crippen LogP contribution is -1.94. The number of nitrogens with zero attached hydrogens (tertiary/aromatic N) is 2. The predicted octanol–water partition coefficient (Wildman–Crippen LogP) is 4.35. The van der Waals surface area contributed by atoms with E-state index >= 15 is 0 Å². The van der Waals surface area contributed by atoms with Crippen LogP contribution in [0.4, 0.5) is 11.5 Å². The summed E-state index contributed by atoms with van der Waals surface area (Å²) in [6.45, 7) is 4.08. The maximum atomic E-state index is 6.21. The van der Waals surface area contributed by atoms with Gasteiger partial charge in [0, 0.05) is 5.69 Å². The van der Waals surface area contributed by atoms with Crippen LogP contribution in [0.25, 0.3) is 5.65 Å². The topological polar surface area (TPSA) is 29.3 Å². The Bertz CT molecular complexity index is 726. The number of anilines is 2. The van der Waals surface area contributed by atoms with Gasteiger partial charge >= 0.3 is 0 Å². The fraction of sp³-hybridized carbons (Fsp3) is 0.133. The number of para-hydroxylation sites is 1. The molecule has 0 aliphatic rings. The molecule has 0 fully saturated rings. The zero-order valence-corrected chi connectivity index (χ0v) is 11.6. The number of hydrogen-bond donors (Lipinski definition) is 1. The van der Waals surface area contributed by atoms with E-state index in [-0.39, 0.29) is 0 Å². The monoisotopic (exact) mass is 271 g/mol. The molecule has 0 amide bonds. The molecule has 3 aromatic rings. The Morgan fingerprint density at radius 1 is 1.11 bits per heavy atom. The first-order valence-corrected chi connectivity index (χ1v) is 6.50. The van der Waals surface area contributed by atoms with Crippen molar-refractivity contribution in [2.75, 3.05) is 5.32 Å². The zero-order chi connectivity index (χ0) is 13.4. The normalized spacial score (nSPS) is 10.9. The van der Waals surface area contributed by atoms with Crippen molar-refractivity contribution in [1.82, 2.24) is 9.38 Å². The van der Waals surface area contributed by atoms with E-state index in [1.54, 1.807) is 0 Å². The van der Waals surface area contributed by atoms with Crippen LogP contribution >= 0.6 is 11.6 Å². The molecule has 4 heteroatoms. The van der Waals surface area contributed by atoms with E-state index in [0.717, 1.165) is 28.4 Å². The lowest BCUT2D eigenvalue weighted by molar-refractivity contribution is 1.09. The van der Waals surface area contributed by atoms with Gasteiger partial charge in [-0.25, -0.2) is 4.98 Å². The fourth-order valence-electron chi connectivity index (χ4n) is 2.13. The molecule has 1 aromatic carbocycles. The first-order chi connectivity index (χ1) is 9.15. The quantitative estimate of drug-likeness (QED) is 0.751. The summed E-state index contributed by atoms with van der Waals surface area (Å²) >= 11 is 6.21. The summed E-state index contributed by atoms with van der Waals surface area (Å²) in [7, 11) is 0. The third-order valence-corrected chi connectivity index (χ3v) is 3.49. The highest BCUT2D eigenvalue weighted by molar-refractivity contribution is 6.33. The minimum atomic E-state index is 0.703. The van der Waals surface area contributed by atoms with Gasteiger partial charge in [-0.15, -0.1) is 0 Å². The van der Waals surface area contributed by atoms with Crippen molar-refractivity contribution in [3.05, 3.63) is 58.9 Å². The van der Waals surface area contributed by atoms with Gasteiger partial charge in [0.05, 0.1) is 16.9 Å². The Morgan fingerprint density at radius 2 is 1.89 bits per heavy atom. The molecule has 3 nitrogen and oxygen atoms in total. The second-order valence-electron chi connectivity index (χ2n) is 4.58. The van der Waals surface area contributed by atoms with Crippen LogP contribution in [0.5, 0.6) is 0 Å². The Kier molecular flexibility index (Phi) is 2.91. The number of benzene rings is 1. The molecule has 0 unspecified atom stereocenters. The van der Waals surface area contributed by atoms with Crippen LogP contribution < -0.4 is 5.32 Å². The lowest BCUT2D eigenvalue weighted by Gasteiger charge is -2.08. The molecule has 0 spiro atoms. The minimum absolute atomic E-state index is 0.703. The Morgan fingerprint density at radius 3 is 2.63 bits per heavy atom. The van der Waals surface area contributed by atoms with Crippen molar-refractivity contribution >= 4 is 28.8 Å². The molecule has 19 heavy (non-hydrogen) atoms. The number of nitrogens with one attached hydrogen (secondary N) is 1. The number of rotatable bonds is 2. The van der Waals surface area contributed by atoms with E-state index in [4.69, 9.17) is 11.6 Å². The van der Waals surface area contributed by atoms with Crippen LogP contribution in [0, 0.1) is 13.8 Å². The highest BCUT2D eigenvalue weighted by Crippen LogP contribution is 2.28. The van der Waals surface area contributed by atoms with Crippen molar-refractivity contribution in [3.8, 4) is 0 Å². The summed E-state index contributed by atoms with van der Waals surface area (Å²) in [5, 5.41) is 4.00. The van der Waals surface area contributed by atoms with Gasteiger partial charge in [-0.1, -0.05) is 29.8 Å². The number of hydrogen-bond acceptors (Lipinski definition) is 2. The van der Waals surface area contributed by atoms with Crippen LogP contribution in [-0.4, -0.2) is 9.38 Å². The first-order valence-electron chi connectivity index (χ1n) is 6.12. The third kappa shape index (κ3) is 2.17. The smallest absolute Gasteiger partial charge is 0.149 e. The average Bonchev–Trinajstić information content (AvgIpc) is 2.78. The standard InChI is InChI=1S/C15H14ClN3/c1-10-5-3-7-12(16)15(10)18-13-9-19-11(2)6-4-8-14(19)17-13/h3-9,18H,1-2H3. The second kappa shape index (κ2) is 4.59. The van der Waals surface area contributed by atoms with Gasteiger partial charge in [-0.3, -0.25) is 0 Å². The van der Waals surface area contributed by atoms with Gasteiger partial charge in [0.2, 0.25) is 0 Å². The van der Waals surface area contributed by atoms with Crippen molar-refractivity contribution in [3.63, 3.8) is 0 Å². The maximum absolute atomic E-state index is 6.21. The molecular weight excluding hydrogens is 258 g/mol. The summed E-state index contributed by atoms with van der Waals surface area (Å²) in [6, 6.07) is 11.9. The molecule has 0 radical (unpaired) electrons. The molecule has 1 N–H and O–H groups in total. The van der Waals surface area contributed by atoms with Gasteiger partial charge in [-0.2, -0.15) is 0 Å². The molecule has 2 aromatic heterocycles. The van der Waals surface area contributed by atoms with Gasteiger partial charge in [-0.05, 0) is 37.6 Å². The van der Waals surface area contributed by atoms with Crippen LogP contribution in [0.15, 0.2) is 42.6 Å². The third-order valence-electron chi connectivity index (χ3n) is 3.17. The van der Waals surface area contributed by atoms with Gasteiger partial charge < -0.3 is 9.72 Å². The molecule has 0 aliphatic carbocycles. The number of imidazole rings is 1. The SMILES string of the molecule is Cc1cccc(Cl)c1Nc1cn2c(C)cccc2n1. The van der Waals surface area contributed by atoms with E-state index in [1.165, 1.54) is 0 Å². The summed E-state index contributed by atoms with van der Waals surface area (Å²) < 4.78 is 2.05. The Labute approximate surface area is 116 Å². The molecule has 3 rings (SSSR count). The van der Waals surface area contributed by atoms with Crippen molar-refractivity contribution in [2.45, 2.75) is 13.8 Å². The fourth-order valence-corrected chi connectivity index (χ4v) is 2.40. The summed E-state index contributed by atoms with van der Waals surface area (Å²) in [6.07, 6.45) is 1.98. The molecule has 0 atom stereocenters. The van der Waals surface area contributed by atoms with Crippen molar-refractivity contribution in [2.24, 2.45) is 0 Å². The van der Waals surface area contributed by atoms with Gasteiger partial charge in [0.25, 0.3) is 0 Å². The summed E-state index contributed by atoms with van der Waals surface area (Å²) in [5.41, 5.74) is 4.08. The van der Waals surface area contributed by atoms with Crippen LogP contribution in [0.3, 0.4) is 0 Å². The second-order valence-corrected chi connectivity index (χ2v) is 4.99. The Balaban J connectivity index is 2.04. The predicted molar refractivity (Wildman–Crippen MR) is 79.4 cm³/mol. The number of aryl methyl sites for hydroxylation is 2. The van der Waals surface area contributed by atoms with E-state index in [2.05, 4.69) is 27.7 Å². The number of halogens is 1. The molecular formula is C15H14ClN3.